The second kappa shape index (κ2) is 7.15. The highest BCUT2D eigenvalue weighted by Gasteiger charge is 2.28. The maximum absolute atomic E-state index is 12.4. The summed E-state index contributed by atoms with van der Waals surface area (Å²) in [4.78, 5) is 36.3. The molecular formula is C17H27N5O2. The number of nitrogens with one attached hydrogen (secondary N) is 1. The largest absolute Gasteiger partial charge is 0.331 e. The second-order valence-corrected chi connectivity index (χ2v) is 7.47. The van der Waals surface area contributed by atoms with Gasteiger partial charge in [0.25, 0.3) is 0 Å². The van der Waals surface area contributed by atoms with Crippen LogP contribution in [-0.2, 0) is 10.2 Å². The lowest BCUT2D eigenvalue weighted by Gasteiger charge is -2.33. The summed E-state index contributed by atoms with van der Waals surface area (Å²) in [5, 5.41) is 2.88. The Morgan fingerprint density at radius 1 is 1.17 bits per heavy atom. The van der Waals surface area contributed by atoms with Gasteiger partial charge in [0.05, 0.1) is 18.1 Å². The molecule has 0 radical (unpaired) electrons. The van der Waals surface area contributed by atoms with Gasteiger partial charge in [-0.25, -0.2) is 14.8 Å². The van der Waals surface area contributed by atoms with E-state index in [4.69, 9.17) is 0 Å². The molecule has 3 amide bonds. The van der Waals surface area contributed by atoms with E-state index in [1.54, 1.807) is 36.3 Å². The van der Waals surface area contributed by atoms with Crippen molar-refractivity contribution in [3.63, 3.8) is 0 Å². The number of likely N-dealkylation sites (tertiary alicyclic amines) is 1. The number of rotatable bonds is 2. The normalized spacial score (nSPS) is 16.0. The van der Waals surface area contributed by atoms with Crippen molar-refractivity contribution in [2.24, 2.45) is 5.92 Å². The Morgan fingerprint density at radius 3 is 2.17 bits per heavy atom. The number of piperidine rings is 1. The average Bonchev–Trinajstić information content (AvgIpc) is 2.54. The minimum Gasteiger partial charge on any atom is -0.331 e. The van der Waals surface area contributed by atoms with Gasteiger partial charge >= 0.3 is 6.03 Å². The SMILES string of the molecule is CN(C)C(=O)N1CCC(C(=O)Nc2cnc(C(C)(C)C)nc2)CC1. The molecule has 1 aromatic heterocycles. The molecule has 2 rings (SSSR count). The number of hydrogen-bond acceptors (Lipinski definition) is 4. The number of nitrogens with zero attached hydrogens (tertiary/aromatic N) is 4. The summed E-state index contributed by atoms with van der Waals surface area (Å²) in [5.74, 6) is 0.633. The number of amides is 3. The van der Waals surface area contributed by atoms with E-state index < -0.39 is 0 Å². The third-order valence-electron chi connectivity index (χ3n) is 4.11. The highest BCUT2D eigenvalue weighted by atomic mass is 16.2. The third kappa shape index (κ3) is 4.43. The van der Waals surface area contributed by atoms with E-state index in [9.17, 15) is 9.59 Å². The molecule has 1 saturated heterocycles. The lowest BCUT2D eigenvalue weighted by atomic mass is 9.95. The number of hydrogen-bond donors (Lipinski definition) is 1. The van der Waals surface area contributed by atoms with Crippen LogP contribution in [0.15, 0.2) is 12.4 Å². The average molecular weight is 333 g/mol. The van der Waals surface area contributed by atoms with Crippen LogP contribution in [0.3, 0.4) is 0 Å². The van der Waals surface area contributed by atoms with Gasteiger partial charge < -0.3 is 15.1 Å². The molecule has 24 heavy (non-hydrogen) atoms. The van der Waals surface area contributed by atoms with Crippen molar-refractivity contribution in [2.75, 3.05) is 32.5 Å². The molecule has 7 nitrogen and oxygen atoms in total. The van der Waals surface area contributed by atoms with Gasteiger partial charge in [-0.2, -0.15) is 0 Å². The Morgan fingerprint density at radius 2 is 1.71 bits per heavy atom. The van der Waals surface area contributed by atoms with Crippen LogP contribution in [0.5, 0.6) is 0 Å². The fraction of sp³-hybridized carbons (Fsp3) is 0.647. The van der Waals surface area contributed by atoms with Gasteiger partial charge in [0.15, 0.2) is 0 Å². The first-order valence-corrected chi connectivity index (χ1v) is 8.28. The minimum absolute atomic E-state index is 0.0000252. The zero-order chi connectivity index (χ0) is 17.9. The topological polar surface area (TPSA) is 78.4 Å². The van der Waals surface area contributed by atoms with Gasteiger partial charge in [0.2, 0.25) is 5.91 Å². The Labute approximate surface area is 143 Å². The highest BCUT2D eigenvalue weighted by molar-refractivity contribution is 5.92. The van der Waals surface area contributed by atoms with E-state index in [1.807, 2.05) is 20.8 Å². The molecule has 0 unspecified atom stereocenters. The van der Waals surface area contributed by atoms with E-state index in [1.165, 1.54) is 0 Å². The lowest BCUT2D eigenvalue weighted by molar-refractivity contribution is -0.121. The van der Waals surface area contributed by atoms with Crippen molar-refractivity contribution in [3.05, 3.63) is 18.2 Å². The molecule has 2 heterocycles. The molecule has 7 heteroatoms. The molecule has 132 valence electrons. The standard InChI is InChI=1S/C17H27N5O2/c1-17(2,3)15-18-10-13(11-19-15)20-14(23)12-6-8-22(9-7-12)16(24)21(4)5/h10-12H,6-9H2,1-5H3,(H,20,23). The van der Waals surface area contributed by atoms with Gasteiger partial charge in [-0.15, -0.1) is 0 Å². The number of carbonyl (C=O) groups is 2. The molecule has 1 N–H and O–H groups in total. The second-order valence-electron chi connectivity index (χ2n) is 7.47. The fourth-order valence-electron chi connectivity index (χ4n) is 2.64. The summed E-state index contributed by atoms with van der Waals surface area (Å²) in [5.41, 5.74) is 0.494. The first-order chi connectivity index (χ1) is 11.2. The quantitative estimate of drug-likeness (QED) is 0.899. The van der Waals surface area contributed by atoms with Crippen LogP contribution in [0.25, 0.3) is 0 Å². The predicted octanol–water partition coefficient (Wildman–Crippen LogP) is 2.11. The van der Waals surface area contributed by atoms with Gasteiger partial charge in [-0.3, -0.25) is 4.79 Å². The van der Waals surface area contributed by atoms with Crippen LogP contribution in [-0.4, -0.2) is 58.9 Å². The van der Waals surface area contributed by atoms with Crippen LogP contribution in [0, 0.1) is 5.92 Å². The molecule has 1 fully saturated rings. The molecule has 0 spiro atoms. The van der Waals surface area contributed by atoms with E-state index >= 15 is 0 Å². The molecule has 1 aliphatic rings. The van der Waals surface area contributed by atoms with Gasteiger partial charge in [0.1, 0.15) is 5.82 Å². The predicted molar refractivity (Wildman–Crippen MR) is 92.7 cm³/mol. The molecular weight excluding hydrogens is 306 g/mol. The van der Waals surface area contributed by atoms with Crippen LogP contribution in [0.4, 0.5) is 10.5 Å². The summed E-state index contributed by atoms with van der Waals surface area (Å²) < 4.78 is 0. The Balaban J connectivity index is 1.89. The molecule has 0 bridgehead atoms. The molecule has 0 saturated carbocycles. The van der Waals surface area contributed by atoms with Crippen LogP contribution in [0.1, 0.15) is 39.4 Å². The van der Waals surface area contributed by atoms with Crippen LogP contribution < -0.4 is 5.32 Å². The smallest absolute Gasteiger partial charge is 0.319 e. The zero-order valence-electron chi connectivity index (χ0n) is 15.2. The van der Waals surface area contributed by atoms with Crippen molar-refractivity contribution >= 4 is 17.6 Å². The van der Waals surface area contributed by atoms with Crippen molar-refractivity contribution in [3.8, 4) is 0 Å². The summed E-state index contributed by atoms with van der Waals surface area (Å²) in [6.45, 7) is 7.35. The van der Waals surface area contributed by atoms with E-state index in [0.717, 1.165) is 5.82 Å². The summed E-state index contributed by atoms with van der Waals surface area (Å²) >= 11 is 0. The highest BCUT2D eigenvalue weighted by Crippen LogP contribution is 2.21. The molecule has 0 aliphatic carbocycles. The first-order valence-electron chi connectivity index (χ1n) is 8.28. The van der Waals surface area contributed by atoms with Crippen molar-refractivity contribution in [1.29, 1.82) is 0 Å². The van der Waals surface area contributed by atoms with Crippen molar-refractivity contribution in [1.82, 2.24) is 19.8 Å². The fourth-order valence-corrected chi connectivity index (χ4v) is 2.64. The monoisotopic (exact) mass is 333 g/mol. The maximum Gasteiger partial charge on any atom is 0.319 e. The molecule has 0 atom stereocenters. The number of carbonyl (C=O) groups excluding carboxylic acids is 2. The Hall–Kier alpha value is -2.18. The molecule has 1 aromatic rings. The van der Waals surface area contributed by atoms with Crippen LogP contribution in [0.2, 0.25) is 0 Å². The van der Waals surface area contributed by atoms with Gasteiger partial charge in [-0.1, -0.05) is 20.8 Å². The summed E-state index contributed by atoms with van der Waals surface area (Å²) in [7, 11) is 3.48. The van der Waals surface area contributed by atoms with E-state index in [0.29, 0.717) is 31.6 Å². The van der Waals surface area contributed by atoms with Gasteiger partial charge in [-0.05, 0) is 12.8 Å². The number of aromatic nitrogens is 2. The maximum atomic E-state index is 12.4. The third-order valence-corrected chi connectivity index (χ3v) is 4.11. The van der Waals surface area contributed by atoms with Crippen molar-refractivity contribution in [2.45, 2.75) is 39.0 Å². The number of urea groups is 1. The van der Waals surface area contributed by atoms with Gasteiger partial charge in [0, 0.05) is 38.5 Å². The lowest BCUT2D eigenvalue weighted by Crippen LogP contribution is -2.45. The van der Waals surface area contributed by atoms with Crippen molar-refractivity contribution < 1.29 is 9.59 Å². The summed E-state index contributed by atoms with van der Waals surface area (Å²) in [6, 6.07) is 0.0000252. The molecule has 1 aliphatic heterocycles. The summed E-state index contributed by atoms with van der Waals surface area (Å²) in [6.07, 6.45) is 4.64. The molecule has 0 aromatic carbocycles. The first kappa shape index (κ1) is 18.2. The Bertz CT molecular complexity index is 584. The zero-order valence-corrected chi connectivity index (χ0v) is 15.2. The number of anilines is 1. The van der Waals surface area contributed by atoms with E-state index in [2.05, 4.69) is 15.3 Å². The minimum atomic E-state index is -0.117. The Kier molecular flexibility index (Phi) is 5.41. The van der Waals surface area contributed by atoms with E-state index in [-0.39, 0.29) is 23.3 Å². The van der Waals surface area contributed by atoms with Crippen LogP contribution >= 0.6 is 0 Å².